The number of nitrogens with one attached hydrogen (secondary N) is 1. The minimum Gasteiger partial charge on any atom is -0.354 e. The molecular weight excluding hydrogens is 378 g/mol. The summed E-state index contributed by atoms with van der Waals surface area (Å²) in [5.41, 5.74) is 0.682. The molecule has 1 amide bonds. The van der Waals surface area contributed by atoms with Crippen molar-refractivity contribution in [3.05, 3.63) is 54.7 Å². The lowest BCUT2D eigenvalue weighted by molar-refractivity contribution is -0.117. The number of hydrogen-bond donors (Lipinski definition) is 2. The molecule has 1 aliphatic rings. The molecule has 150 valence electrons. The maximum atomic E-state index is 12.4. The number of piperazine rings is 1. The van der Waals surface area contributed by atoms with E-state index in [0.29, 0.717) is 31.9 Å². The molecule has 2 aromatic rings. The zero-order valence-corrected chi connectivity index (χ0v) is 16.4. The zero-order valence-electron chi connectivity index (χ0n) is 15.6. The predicted octanol–water partition coefficient (Wildman–Crippen LogP) is 0.889. The quantitative estimate of drug-likeness (QED) is 0.711. The van der Waals surface area contributed by atoms with E-state index in [4.69, 9.17) is 5.14 Å². The minimum atomic E-state index is -3.70. The molecule has 0 bridgehead atoms. The summed E-state index contributed by atoms with van der Waals surface area (Å²) in [5, 5.41) is 8.09. The Morgan fingerprint density at radius 3 is 2.36 bits per heavy atom. The van der Waals surface area contributed by atoms with Crippen LogP contribution in [0.5, 0.6) is 0 Å². The Balaban J connectivity index is 1.62. The van der Waals surface area contributed by atoms with E-state index in [2.05, 4.69) is 15.2 Å². The van der Waals surface area contributed by atoms with Crippen molar-refractivity contribution in [1.29, 1.82) is 0 Å². The van der Waals surface area contributed by atoms with E-state index in [-0.39, 0.29) is 18.1 Å². The van der Waals surface area contributed by atoms with Crippen LogP contribution in [0.1, 0.15) is 6.42 Å². The largest absolute Gasteiger partial charge is 0.354 e. The number of pyridine rings is 1. The summed E-state index contributed by atoms with van der Waals surface area (Å²) in [6, 6.07) is 14.4. The number of aromatic nitrogens is 1. The fraction of sp³-hybridized carbons (Fsp3) is 0.368. The first-order valence-corrected chi connectivity index (χ1v) is 10.9. The Hall–Kier alpha value is -2.49. The maximum absolute atomic E-state index is 12.4. The van der Waals surface area contributed by atoms with Gasteiger partial charge in [0.1, 0.15) is 5.82 Å². The Kier molecular flexibility index (Phi) is 6.61. The van der Waals surface area contributed by atoms with Crippen molar-refractivity contribution in [3.63, 3.8) is 0 Å². The van der Waals surface area contributed by atoms with E-state index < -0.39 is 16.1 Å². The van der Waals surface area contributed by atoms with Gasteiger partial charge in [-0.15, -0.1) is 0 Å². The first-order chi connectivity index (χ1) is 13.4. The van der Waals surface area contributed by atoms with Crippen LogP contribution in [0, 0.1) is 0 Å². The van der Waals surface area contributed by atoms with E-state index in [1.165, 1.54) is 0 Å². The van der Waals surface area contributed by atoms with Crippen LogP contribution in [0.2, 0.25) is 0 Å². The van der Waals surface area contributed by atoms with Crippen LogP contribution in [0.4, 0.5) is 11.5 Å². The number of nitrogens with two attached hydrogens (primary N) is 1. The van der Waals surface area contributed by atoms with Gasteiger partial charge in [0.05, 0.1) is 5.75 Å². The summed E-state index contributed by atoms with van der Waals surface area (Å²) in [5.74, 6) is 0.415. The van der Waals surface area contributed by atoms with E-state index >= 15 is 0 Å². The molecule has 2 heterocycles. The highest BCUT2D eigenvalue weighted by Gasteiger charge is 2.29. The van der Waals surface area contributed by atoms with Crippen LogP contribution in [0.3, 0.4) is 0 Å². The molecule has 1 aromatic heterocycles. The van der Waals surface area contributed by atoms with Crippen LogP contribution in [0.15, 0.2) is 54.7 Å². The van der Waals surface area contributed by atoms with Crippen LogP contribution in [-0.2, 0) is 14.8 Å². The van der Waals surface area contributed by atoms with E-state index in [1.54, 1.807) is 18.3 Å². The number of rotatable bonds is 7. The van der Waals surface area contributed by atoms with E-state index in [1.807, 2.05) is 41.3 Å². The number of benzene rings is 1. The summed E-state index contributed by atoms with van der Waals surface area (Å²) in [6.45, 7) is 2.68. The lowest BCUT2D eigenvalue weighted by Crippen LogP contribution is -2.53. The lowest BCUT2D eigenvalue weighted by Gasteiger charge is -2.39. The van der Waals surface area contributed by atoms with Crippen molar-refractivity contribution in [1.82, 2.24) is 9.88 Å². The van der Waals surface area contributed by atoms with Crippen LogP contribution < -0.4 is 15.4 Å². The zero-order chi connectivity index (χ0) is 20.0. The highest BCUT2D eigenvalue weighted by Crippen LogP contribution is 2.17. The van der Waals surface area contributed by atoms with Gasteiger partial charge < -0.3 is 10.2 Å². The topological polar surface area (TPSA) is 109 Å². The number of anilines is 2. The third kappa shape index (κ3) is 6.01. The monoisotopic (exact) mass is 403 g/mol. The third-order valence-corrected chi connectivity index (χ3v) is 5.56. The van der Waals surface area contributed by atoms with Crippen molar-refractivity contribution in [2.45, 2.75) is 12.5 Å². The molecule has 1 fully saturated rings. The number of primary sulfonamides is 1. The number of carbonyl (C=O) groups excluding carboxylic acids is 1. The average molecular weight is 404 g/mol. The number of nitrogens with zero attached hydrogens (tertiary/aromatic N) is 3. The summed E-state index contributed by atoms with van der Waals surface area (Å²) in [6.07, 6.45) is 1.81. The molecule has 0 aliphatic carbocycles. The van der Waals surface area contributed by atoms with Crippen molar-refractivity contribution in [2.24, 2.45) is 5.14 Å². The molecule has 1 atom stereocenters. The van der Waals surface area contributed by atoms with Gasteiger partial charge >= 0.3 is 0 Å². The molecule has 3 rings (SSSR count). The number of sulfonamides is 1. The van der Waals surface area contributed by atoms with Gasteiger partial charge in [-0.05, 0) is 24.3 Å². The molecule has 1 aliphatic heterocycles. The van der Waals surface area contributed by atoms with Crippen molar-refractivity contribution in [3.8, 4) is 0 Å². The molecule has 28 heavy (non-hydrogen) atoms. The molecule has 1 saturated heterocycles. The molecule has 1 aromatic carbocycles. The van der Waals surface area contributed by atoms with Gasteiger partial charge in [0.25, 0.3) is 0 Å². The number of carbonyl (C=O) groups is 1. The van der Waals surface area contributed by atoms with Gasteiger partial charge in [-0.3, -0.25) is 9.69 Å². The van der Waals surface area contributed by atoms with Gasteiger partial charge in [0, 0.05) is 50.5 Å². The summed E-state index contributed by atoms with van der Waals surface area (Å²) < 4.78 is 23.4. The van der Waals surface area contributed by atoms with Gasteiger partial charge in [-0.25, -0.2) is 18.5 Å². The van der Waals surface area contributed by atoms with Crippen LogP contribution in [0.25, 0.3) is 0 Å². The lowest BCUT2D eigenvalue weighted by atomic mass is 10.1. The molecular formula is C19H25N5O3S. The van der Waals surface area contributed by atoms with E-state index in [9.17, 15) is 13.2 Å². The fourth-order valence-corrected chi connectivity index (χ4v) is 4.23. The molecule has 9 heteroatoms. The Labute approximate surface area is 165 Å². The maximum Gasteiger partial charge on any atom is 0.225 e. The van der Waals surface area contributed by atoms with E-state index in [0.717, 1.165) is 5.82 Å². The molecule has 0 spiro atoms. The Morgan fingerprint density at radius 2 is 1.75 bits per heavy atom. The Bertz CT molecular complexity index is 869. The van der Waals surface area contributed by atoms with Gasteiger partial charge in [-0.2, -0.15) is 0 Å². The first kappa shape index (κ1) is 20.2. The van der Waals surface area contributed by atoms with Crippen molar-refractivity contribution < 1.29 is 13.2 Å². The van der Waals surface area contributed by atoms with Gasteiger partial charge in [0.2, 0.25) is 15.9 Å². The third-order valence-electron chi connectivity index (χ3n) is 4.71. The molecule has 8 nitrogen and oxygen atoms in total. The van der Waals surface area contributed by atoms with Crippen LogP contribution >= 0.6 is 0 Å². The predicted molar refractivity (Wildman–Crippen MR) is 109 cm³/mol. The second-order valence-corrected chi connectivity index (χ2v) is 8.47. The summed E-state index contributed by atoms with van der Waals surface area (Å²) in [7, 11) is -3.70. The smallest absolute Gasteiger partial charge is 0.225 e. The van der Waals surface area contributed by atoms with Crippen molar-refractivity contribution >= 4 is 27.4 Å². The summed E-state index contributed by atoms with van der Waals surface area (Å²) in [4.78, 5) is 21.0. The SMILES string of the molecule is NS(=O)(=O)CC(CC(=O)Nc1ccccc1)N1CCN(c2ccccn2)CC1. The second-order valence-electron chi connectivity index (χ2n) is 6.81. The number of para-hydroxylation sites is 1. The molecule has 0 radical (unpaired) electrons. The Morgan fingerprint density at radius 1 is 1.07 bits per heavy atom. The highest BCUT2D eigenvalue weighted by atomic mass is 32.2. The second kappa shape index (κ2) is 9.13. The normalized spacial score (nSPS) is 16.5. The average Bonchev–Trinajstić information content (AvgIpc) is 2.68. The summed E-state index contributed by atoms with van der Waals surface area (Å²) >= 11 is 0. The van der Waals surface area contributed by atoms with Crippen molar-refractivity contribution in [2.75, 3.05) is 42.1 Å². The molecule has 3 N–H and O–H groups in total. The number of amides is 1. The van der Waals surface area contributed by atoms with Gasteiger partial charge in [0.15, 0.2) is 0 Å². The highest BCUT2D eigenvalue weighted by molar-refractivity contribution is 7.89. The minimum absolute atomic E-state index is 0.0644. The standard InChI is InChI=1S/C19H25N5O3S/c20-28(26,27)15-17(14-19(25)22-16-6-2-1-3-7-16)23-10-12-24(13-11-23)18-8-4-5-9-21-18/h1-9,17H,10-15H2,(H,22,25)(H2,20,26,27). The number of hydrogen-bond acceptors (Lipinski definition) is 6. The fourth-order valence-electron chi connectivity index (χ4n) is 3.37. The van der Waals surface area contributed by atoms with Crippen LogP contribution in [-0.4, -0.2) is 62.2 Å². The van der Waals surface area contributed by atoms with Gasteiger partial charge in [-0.1, -0.05) is 24.3 Å². The molecule has 1 unspecified atom stereocenters. The first-order valence-electron chi connectivity index (χ1n) is 9.16. The molecule has 0 saturated carbocycles.